The Bertz CT molecular complexity index is 1110. The van der Waals surface area contributed by atoms with Gasteiger partial charge in [0.2, 0.25) is 0 Å². The third-order valence-corrected chi connectivity index (χ3v) is 7.17. The van der Waals surface area contributed by atoms with Crippen molar-refractivity contribution in [3.63, 3.8) is 0 Å². The van der Waals surface area contributed by atoms with Crippen LogP contribution in [0.3, 0.4) is 0 Å². The zero-order valence-electron chi connectivity index (χ0n) is 21.1. The van der Waals surface area contributed by atoms with Gasteiger partial charge in [-0.25, -0.2) is 4.39 Å². The van der Waals surface area contributed by atoms with Gasteiger partial charge in [0.25, 0.3) is 11.8 Å². The number of nitrogens with two attached hydrogens (primary N) is 1. The molecule has 2 saturated heterocycles. The molecule has 2 aliphatic heterocycles. The van der Waals surface area contributed by atoms with E-state index in [2.05, 4.69) is 10.2 Å². The maximum atomic E-state index is 13.5. The lowest BCUT2D eigenvalue weighted by Crippen LogP contribution is -2.50. The highest BCUT2D eigenvalue weighted by Crippen LogP contribution is 2.29. The number of likely N-dealkylation sites (tertiary alicyclic amines) is 1. The second-order valence-electron chi connectivity index (χ2n) is 9.51. The number of hydrogen-bond donors (Lipinski definition) is 2. The van der Waals surface area contributed by atoms with Crippen molar-refractivity contribution >= 4 is 29.1 Å². The number of nitrogen functional groups attached to an aromatic ring is 1. The lowest BCUT2D eigenvalue weighted by atomic mass is 9.95. The number of carbonyl (C=O) groups is 2. The molecule has 10 heteroatoms. The molecule has 2 aliphatic rings. The van der Waals surface area contributed by atoms with Gasteiger partial charge in [-0.2, -0.15) is 0 Å². The molecule has 1 unspecified atom stereocenters. The summed E-state index contributed by atoms with van der Waals surface area (Å²) >= 11 is 6.13. The molecular weight excluding hydrogens is 499 g/mol. The van der Waals surface area contributed by atoms with Gasteiger partial charge in [-0.3, -0.25) is 14.5 Å². The van der Waals surface area contributed by atoms with E-state index in [0.29, 0.717) is 72.9 Å². The predicted molar refractivity (Wildman–Crippen MR) is 141 cm³/mol. The first kappa shape index (κ1) is 27.2. The van der Waals surface area contributed by atoms with E-state index >= 15 is 0 Å². The molecule has 2 amide bonds. The van der Waals surface area contributed by atoms with E-state index in [4.69, 9.17) is 26.8 Å². The van der Waals surface area contributed by atoms with Gasteiger partial charge >= 0.3 is 0 Å². The molecule has 2 aromatic carbocycles. The van der Waals surface area contributed by atoms with Crippen molar-refractivity contribution in [1.82, 2.24) is 15.1 Å². The van der Waals surface area contributed by atoms with Gasteiger partial charge in [0, 0.05) is 50.9 Å². The van der Waals surface area contributed by atoms with Gasteiger partial charge in [0.15, 0.2) is 0 Å². The molecule has 0 bridgehead atoms. The van der Waals surface area contributed by atoms with Crippen LogP contribution < -0.4 is 15.8 Å². The maximum absolute atomic E-state index is 13.5. The molecule has 4 rings (SSSR count). The minimum Gasteiger partial charge on any atom is -0.493 e. The van der Waals surface area contributed by atoms with Crippen molar-refractivity contribution < 1.29 is 23.5 Å². The van der Waals surface area contributed by atoms with Gasteiger partial charge < -0.3 is 25.4 Å². The summed E-state index contributed by atoms with van der Waals surface area (Å²) in [5.74, 6) is 0.0631. The Morgan fingerprint density at radius 1 is 1.22 bits per heavy atom. The van der Waals surface area contributed by atoms with Crippen molar-refractivity contribution in [2.75, 3.05) is 58.2 Å². The molecule has 1 atom stereocenters. The molecule has 200 valence electrons. The number of amides is 2. The van der Waals surface area contributed by atoms with Crippen LogP contribution in [0.15, 0.2) is 36.4 Å². The molecule has 0 spiro atoms. The molecule has 0 aromatic heterocycles. The highest BCUT2D eigenvalue weighted by atomic mass is 35.5. The number of anilines is 1. The predicted octanol–water partition coefficient (Wildman–Crippen LogP) is 3.44. The van der Waals surface area contributed by atoms with Gasteiger partial charge in [0.1, 0.15) is 11.6 Å². The third kappa shape index (κ3) is 7.12. The molecule has 0 aliphatic carbocycles. The zero-order chi connectivity index (χ0) is 26.4. The topological polar surface area (TPSA) is 97.1 Å². The summed E-state index contributed by atoms with van der Waals surface area (Å²) in [7, 11) is 0. The van der Waals surface area contributed by atoms with E-state index in [9.17, 15) is 14.0 Å². The smallest absolute Gasteiger partial charge is 0.255 e. The number of hydrogen-bond acceptors (Lipinski definition) is 6. The fourth-order valence-electron chi connectivity index (χ4n) is 4.88. The Balaban J connectivity index is 1.24. The second kappa shape index (κ2) is 12.6. The molecule has 0 saturated carbocycles. The minimum atomic E-state index is -0.397. The van der Waals surface area contributed by atoms with Crippen LogP contribution >= 0.6 is 11.6 Å². The van der Waals surface area contributed by atoms with E-state index in [1.807, 2.05) is 11.8 Å². The lowest BCUT2D eigenvalue weighted by Gasteiger charge is -2.38. The van der Waals surface area contributed by atoms with Crippen LogP contribution in [0.4, 0.5) is 10.1 Å². The molecule has 2 fully saturated rings. The van der Waals surface area contributed by atoms with Crippen LogP contribution in [0.5, 0.6) is 5.75 Å². The Morgan fingerprint density at radius 3 is 2.73 bits per heavy atom. The maximum Gasteiger partial charge on any atom is 0.255 e. The van der Waals surface area contributed by atoms with Gasteiger partial charge in [-0.05, 0) is 49.9 Å². The first-order valence-corrected chi connectivity index (χ1v) is 13.1. The van der Waals surface area contributed by atoms with E-state index in [-0.39, 0.29) is 17.9 Å². The van der Waals surface area contributed by atoms with E-state index in [0.717, 1.165) is 25.9 Å². The molecular formula is C27H34ClFN4O4. The van der Waals surface area contributed by atoms with Crippen LogP contribution in [-0.2, 0) is 4.74 Å². The zero-order valence-corrected chi connectivity index (χ0v) is 21.8. The Hall–Kier alpha value is -2.88. The number of ether oxygens (including phenoxy) is 2. The number of nitrogens with zero attached hydrogens (tertiary/aromatic N) is 2. The number of rotatable bonds is 8. The molecule has 2 heterocycles. The average Bonchev–Trinajstić information content (AvgIpc) is 2.89. The number of carbonyl (C=O) groups excluding carboxylic acids is 2. The Morgan fingerprint density at radius 2 is 2.00 bits per heavy atom. The summed E-state index contributed by atoms with van der Waals surface area (Å²) in [6.07, 6.45) is 1.67. The Labute approximate surface area is 221 Å². The van der Waals surface area contributed by atoms with Crippen LogP contribution in [-0.4, -0.2) is 80.2 Å². The van der Waals surface area contributed by atoms with Crippen LogP contribution in [0.2, 0.25) is 5.02 Å². The highest BCUT2D eigenvalue weighted by Gasteiger charge is 2.28. The SMILES string of the molecule is CCOc1cc(N)c(Cl)cc1C(=O)NCC1CN(CC2CCN(C(=O)c3cccc(F)c3)CC2)CCO1. The highest BCUT2D eigenvalue weighted by molar-refractivity contribution is 6.33. The summed E-state index contributed by atoms with van der Waals surface area (Å²) in [5.41, 5.74) is 6.95. The normalized spacial score (nSPS) is 19.0. The fourth-order valence-corrected chi connectivity index (χ4v) is 5.04. The number of morpholine rings is 1. The van der Waals surface area contributed by atoms with Gasteiger partial charge in [0.05, 0.1) is 35.6 Å². The molecule has 37 heavy (non-hydrogen) atoms. The van der Waals surface area contributed by atoms with Crippen molar-refractivity contribution in [3.05, 3.63) is 58.4 Å². The number of halogens is 2. The first-order valence-electron chi connectivity index (χ1n) is 12.7. The standard InChI is InChI=1S/C27H34ClFN4O4/c1-2-36-25-14-24(30)23(28)13-22(25)26(34)31-15-21-17-32(10-11-37-21)16-18-6-8-33(9-7-18)27(35)19-4-3-5-20(29)12-19/h3-5,12-14,18,21H,2,6-11,15-17,30H2,1H3,(H,31,34). The summed E-state index contributed by atoms with van der Waals surface area (Å²) < 4.78 is 24.9. The summed E-state index contributed by atoms with van der Waals surface area (Å²) in [6, 6.07) is 8.95. The van der Waals surface area contributed by atoms with Crippen molar-refractivity contribution in [3.8, 4) is 5.75 Å². The number of piperidine rings is 1. The second-order valence-corrected chi connectivity index (χ2v) is 9.92. The molecule has 3 N–H and O–H groups in total. The monoisotopic (exact) mass is 532 g/mol. The van der Waals surface area contributed by atoms with Gasteiger partial charge in [-0.1, -0.05) is 17.7 Å². The van der Waals surface area contributed by atoms with E-state index in [1.165, 1.54) is 18.2 Å². The molecule has 8 nitrogen and oxygen atoms in total. The fraction of sp³-hybridized carbons (Fsp3) is 0.481. The number of benzene rings is 2. The third-order valence-electron chi connectivity index (χ3n) is 6.85. The van der Waals surface area contributed by atoms with Crippen LogP contribution in [0.1, 0.15) is 40.5 Å². The van der Waals surface area contributed by atoms with E-state index < -0.39 is 5.82 Å². The summed E-state index contributed by atoms with van der Waals surface area (Å²) in [4.78, 5) is 29.7. The van der Waals surface area contributed by atoms with Crippen molar-refractivity contribution in [1.29, 1.82) is 0 Å². The summed E-state index contributed by atoms with van der Waals surface area (Å²) in [5, 5.41) is 3.24. The molecule has 2 aromatic rings. The molecule has 0 radical (unpaired) electrons. The van der Waals surface area contributed by atoms with Crippen LogP contribution in [0, 0.1) is 11.7 Å². The van der Waals surface area contributed by atoms with Crippen molar-refractivity contribution in [2.24, 2.45) is 5.92 Å². The summed E-state index contributed by atoms with van der Waals surface area (Å²) in [6.45, 7) is 6.98. The number of nitrogens with one attached hydrogen (secondary N) is 1. The average molecular weight is 533 g/mol. The largest absolute Gasteiger partial charge is 0.493 e. The Kier molecular flexibility index (Phi) is 9.23. The lowest BCUT2D eigenvalue weighted by molar-refractivity contribution is -0.0332. The van der Waals surface area contributed by atoms with E-state index in [1.54, 1.807) is 18.2 Å². The van der Waals surface area contributed by atoms with Gasteiger partial charge in [-0.15, -0.1) is 0 Å². The van der Waals surface area contributed by atoms with Crippen LogP contribution in [0.25, 0.3) is 0 Å². The van der Waals surface area contributed by atoms with Crippen molar-refractivity contribution in [2.45, 2.75) is 25.9 Å². The quantitative estimate of drug-likeness (QED) is 0.506. The minimum absolute atomic E-state index is 0.116. The first-order chi connectivity index (χ1) is 17.8.